The van der Waals surface area contributed by atoms with Gasteiger partial charge in [0.1, 0.15) is 0 Å². The van der Waals surface area contributed by atoms with Gasteiger partial charge in [0.15, 0.2) is 0 Å². The highest BCUT2D eigenvalue weighted by Gasteiger charge is 2.56. The molecule has 2 heterocycles. The lowest BCUT2D eigenvalue weighted by Crippen LogP contribution is -2.58. The van der Waals surface area contributed by atoms with E-state index in [2.05, 4.69) is 13.8 Å². The first kappa shape index (κ1) is 50.7. The molecule has 2 aliphatic rings. The Morgan fingerprint density at radius 2 is 0.545 bits per heavy atom. The number of ether oxygens (including phenoxy) is 6. The first-order valence-corrected chi connectivity index (χ1v) is 25.3. The Bertz CT molecular complexity index is 949. The maximum Gasteiger partial charge on any atom is 0.408 e. The van der Waals surface area contributed by atoms with E-state index in [1.54, 1.807) is 0 Å². The average Bonchev–Trinajstić information content (AvgIpc) is 3.18. The van der Waals surface area contributed by atoms with Gasteiger partial charge in [-0.3, -0.25) is 0 Å². The minimum Gasteiger partial charge on any atom is -0.316 e. The molecule has 2 fully saturated rings. The Balaban J connectivity index is 1.50. The van der Waals surface area contributed by atoms with Crippen molar-refractivity contribution in [3.8, 4) is 0 Å². The van der Waals surface area contributed by atoms with Gasteiger partial charge in [0, 0.05) is 0 Å². The fraction of sp³-hybridized carbons (Fsp3) is 1.00. The van der Waals surface area contributed by atoms with E-state index in [-0.39, 0.29) is 39.6 Å². The maximum absolute atomic E-state index is 12.2. The molecule has 2 aliphatic heterocycles. The molecule has 55 heavy (non-hydrogen) atoms. The van der Waals surface area contributed by atoms with Crippen LogP contribution in [0.25, 0.3) is 0 Å². The van der Waals surface area contributed by atoms with Crippen LogP contribution in [0, 0.1) is 5.41 Å². The molecule has 2 rings (SSSR count). The van der Waals surface area contributed by atoms with Crippen molar-refractivity contribution in [3.63, 3.8) is 0 Å². The van der Waals surface area contributed by atoms with Gasteiger partial charge in [-0.15, -0.1) is 0 Å². The largest absolute Gasteiger partial charge is 0.408 e. The summed E-state index contributed by atoms with van der Waals surface area (Å²) in [7, 11) is -6.42. The third kappa shape index (κ3) is 22.5. The number of hydrogen-bond donors (Lipinski definition) is 0. The van der Waals surface area contributed by atoms with Crippen molar-refractivity contribution < 1.29 is 46.7 Å². The topological polar surface area (TPSA) is 124 Å². The first-order valence-electron chi connectivity index (χ1n) is 23.0. The van der Waals surface area contributed by atoms with Gasteiger partial charge in [0.25, 0.3) is 0 Å². The molecule has 10 nitrogen and oxygen atoms in total. The Hall–Kier alpha value is -0.440. The lowest BCUT2D eigenvalue weighted by molar-refractivity contribution is -0.419. The third-order valence-corrected chi connectivity index (χ3v) is 12.9. The zero-order chi connectivity index (χ0) is 39.8. The van der Waals surface area contributed by atoms with Gasteiger partial charge in [-0.2, -0.15) is 0 Å². The van der Waals surface area contributed by atoms with Crippen LogP contribution in [0.1, 0.15) is 219 Å². The summed E-state index contributed by atoms with van der Waals surface area (Å²) < 4.78 is 82.8. The van der Waals surface area contributed by atoms with Gasteiger partial charge < -0.3 is 28.4 Å². The van der Waals surface area contributed by atoms with Crippen LogP contribution in [0.3, 0.4) is 0 Å². The fourth-order valence-electron chi connectivity index (χ4n) is 7.50. The third-order valence-electron chi connectivity index (χ3n) is 11.3. The van der Waals surface area contributed by atoms with Crippen molar-refractivity contribution in [1.29, 1.82) is 0 Å². The number of hydrogen-bond acceptors (Lipinski definition) is 10. The van der Waals surface area contributed by atoms with Crippen LogP contribution in [0.5, 0.6) is 0 Å². The summed E-state index contributed by atoms with van der Waals surface area (Å²) in [5.74, 6) is 0. The molecule has 0 N–H and O–H groups in total. The zero-order valence-corrected chi connectivity index (χ0v) is 37.1. The summed E-state index contributed by atoms with van der Waals surface area (Å²) in [5.41, 5.74) is -5.19. The molecule has 2 saturated heterocycles. The molecule has 0 radical (unpaired) electrons. The van der Waals surface area contributed by atoms with Crippen molar-refractivity contribution in [3.05, 3.63) is 0 Å². The van der Waals surface area contributed by atoms with Crippen LogP contribution in [-0.4, -0.2) is 51.1 Å². The smallest absolute Gasteiger partial charge is 0.316 e. The van der Waals surface area contributed by atoms with E-state index < -0.39 is 32.2 Å². The summed E-state index contributed by atoms with van der Waals surface area (Å²) in [6.45, 7) is 4.60. The van der Waals surface area contributed by atoms with Crippen molar-refractivity contribution in [2.45, 2.75) is 231 Å². The lowest BCUT2D eigenvalue weighted by Gasteiger charge is -2.46. The highest BCUT2D eigenvalue weighted by atomic mass is 31.1. The Morgan fingerprint density at radius 1 is 0.345 bits per heavy atom. The van der Waals surface area contributed by atoms with Crippen LogP contribution >= 0.6 is 15.4 Å². The molecule has 1 spiro atoms. The highest BCUT2D eigenvalue weighted by molar-refractivity contribution is 7.32. The summed E-state index contributed by atoms with van der Waals surface area (Å²) in [6, 6.07) is 0. The standard InChI is InChI=1S/C43H82O10P2/c1-3-5-7-9-11-13-15-17-19-21-23-25-27-29-31-33-35-48-42(54(44)45)50-37-41(38-51-42)39-52-43(53-40-41,55(46)47)49-36-34-32-30-28-26-24-22-20-18-16-14-12-10-8-6-4-2/h3-40H2,1-2H3. The van der Waals surface area contributed by atoms with Crippen molar-refractivity contribution in [2.24, 2.45) is 5.41 Å². The molecule has 0 aromatic carbocycles. The average molecular weight is 821 g/mol. The Labute approximate surface area is 337 Å². The lowest BCUT2D eigenvalue weighted by atomic mass is 9.91. The van der Waals surface area contributed by atoms with Crippen LogP contribution in [0.4, 0.5) is 0 Å². The van der Waals surface area contributed by atoms with E-state index in [4.69, 9.17) is 28.4 Å². The van der Waals surface area contributed by atoms with E-state index in [0.29, 0.717) is 12.8 Å². The molecule has 0 bridgehead atoms. The second kappa shape index (κ2) is 32.4. The van der Waals surface area contributed by atoms with Crippen molar-refractivity contribution in [2.75, 3.05) is 39.6 Å². The summed E-state index contributed by atoms with van der Waals surface area (Å²) >= 11 is 0. The Morgan fingerprint density at radius 3 is 0.745 bits per heavy atom. The monoisotopic (exact) mass is 821 g/mol. The SMILES string of the molecule is CCCCCCCCCCCCCCCCCCOC1(P(=O)=O)OCC2(CO1)COC(OCCCCCCCCCCCCCCCCCC)(P(=O)=O)OC2. The summed E-state index contributed by atoms with van der Waals surface area (Å²) in [6.07, 6.45) is 40.1. The van der Waals surface area contributed by atoms with E-state index in [1.165, 1.54) is 167 Å². The minimum absolute atomic E-state index is 0.0832. The predicted octanol–water partition coefficient (Wildman–Crippen LogP) is 14.2. The van der Waals surface area contributed by atoms with Gasteiger partial charge >= 0.3 is 26.8 Å². The molecule has 0 aromatic rings. The minimum atomic E-state index is -3.21. The second-order valence-electron chi connectivity index (χ2n) is 16.5. The van der Waals surface area contributed by atoms with Gasteiger partial charge in [-0.25, -0.2) is 18.3 Å². The van der Waals surface area contributed by atoms with E-state index in [1.807, 2.05) is 0 Å². The van der Waals surface area contributed by atoms with Gasteiger partial charge in [0.05, 0.1) is 45.1 Å². The molecule has 0 amide bonds. The predicted molar refractivity (Wildman–Crippen MR) is 219 cm³/mol. The van der Waals surface area contributed by atoms with Gasteiger partial charge in [-0.1, -0.05) is 206 Å². The molecule has 324 valence electrons. The fourth-order valence-corrected chi connectivity index (χ4v) is 8.57. The molecule has 0 aromatic heterocycles. The molecular weight excluding hydrogens is 738 g/mol. The van der Waals surface area contributed by atoms with Crippen LogP contribution in [0.2, 0.25) is 0 Å². The van der Waals surface area contributed by atoms with Gasteiger partial charge in [-0.05, 0) is 12.8 Å². The number of unbranched alkanes of at least 4 members (excludes halogenated alkanes) is 30. The summed E-state index contributed by atoms with van der Waals surface area (Å²) in [4.78, 5) is 0. The van der Waals surface area contributed by atoms with Crippen LogP contribution in [0.15, 0.2) is 0 Å². The normalized spacial score (nSPS) is 22.7. The Kier molecular flexibility index (Phi) is 29.9. The van der Waals surface area contributed by atoms with E-state index in [0.717, 1.165) is 25.7 Å². The second-order valence-corrected chi connectivity index (χ2v) is 18.6. The van der Waals surface area contributed by atoms with Gasteiger partial charge in [0.2, 0.25) is 0 Å². The zero-order valence-electron chi connectivity index (χ0n) is 35.3. The highest BCUT2D eigenvalue weighted by Crippen LogP contribution is 2.46. The van der Waals surface area contributed by atoms with E-state index >= 15 is 0 Å². The first-order chi connectivity index (χ1) is 26.8. The van der Waals surface area contributed by atoms with Crippen molar-refractivity contribution in [1.82, 2.24) is 0 Å². The summed E-state index contributed by atoms with van der Waals surface area (Å²) in [5, 5.41) is 0. The molecule has 0 saturated carbocycles. The maximum atomic E-state index is 12.2. The molecular formula is C43H82O10P2. The number of rotatable bonds is 38. The quantitative estimate of drug-likeness (QED) is 0.0439. The molecule has 12 heteroatoms. The van der Waals surface area contributed by atoms with Crippen LogP contribution in [-0.2, 0) is 46.7 Å². The van der Waals surface area contributed by atoms with Crippen LogP contribution < -0.4 is 0 Å². The molecule has 0 aliphatic carbocycles. The van der Waals surface area contributed by atoms with Crippen molar-refractivity contribution >= 4 is 15.4 Å². The van der Waals surface area contributed by atoms with E-state index in [9.17, 15) is 18.3 Å². The molecule has 0 atom stereocenters. The molecule has 0 unspecified atom stereocenters.